The van der Waals surface area contributed by atoms with Crippen LogP contribution in [0.2, 0.25) is 0 Å². The summed E-state index contributed by atoms with van der Waals surface area (Å²) in [5.41, 5.74) is -0.118. The molecule has 0 bridgehead atoms. The van der Waals surface area contributed by atoms with Crippen molar-refractivity contribution in [1.82, 2.24) is 9.78 Å². The van der Waals surface area contributed by atoms with Gasteiger partial charge in [0.15, 0.2) is 10.6 Å². The SMILES string of the molecule is CCOC(=O)c1c(OC)nn(C)c1S(=O)O. The summed E-state index contributed by atoms with van der Waals surface area (Å²) < 4.78 is 30.8. The minimum Gasteiger partial charge on any atom is -0.479 e. The van der Waals surface area contributed by atoms with Gasteiger partial charge < -0.3 is 14.0 Å². The van der Waals surface area contributed by atoms with Crippen LogP contribution in [0.1, 0.15) is 17.3 Å². The molecule has 1 heterocycles. The Morgan fingerprint density at radius 3 is 2.69 bits per heavy atom. The van der Waals surface area contributed by atoms with Crippen molar-refractivity contribution in [3.8, 4) is 5.88 Å². The molecule has 1 N–H and O–H groups in total. The van der Waals surface area contributed by atoms with Gasteiger partial charge in [-0.15, -0.1) is 5.10 Å². The molecule has 0 amide bonds. The number of hydrogen-bond acceptors (Lipinski definition) is 5. The summed E-state index contributed by atoms with van der Waals surface area (Å²) in [4.78, 5) is 11.6. The molecular formula is C8H12N2O5S. The summed E-state index contributed by atoms with van der Waals surface area (Å²) in [6.45, 7) is 1.80. The zero-order valence-electron chi connectivity index (χ0n) is 9.09. The third-order valence-electron chi connectivity index (χ3n) is 1.80. The maximum Gasteiger partial charge on any atom is 0.346 e. The number of hydrogen-bond donors (Lipinski definition) is 1. The molecule has 1 aromatic heterocycles. The minimum absolute atomic E-state index is 0.0293. The van der Waals surface area contributed by atoms with Crippen molar-refractivity contribution in [3.05, 3.63) is 5.56 Å². The Kier molecular flexibility index (Phi) is 4.02. The van der Waals surface area contributed by atoms with E-state index in [2.05, 4.69) is 5.10 Å². The Bertz CT molecular complexity index is 428. The van der Waals surface area contributed by atoms with Gasteiger partial charge in [-0.05, 0) is 6.92 Å². The van der Waals surface area contributed by atoms with Crippen molar-refractivity contribution in [2.45, 2.75) is 11.9 Å². The molecule has 0 radical (unpaired) electrons. The van der Waals surface area contributed by atoms with Crippen LogP contribution in [0, 0.1) is 0 Å². The van der Waals surface area contributed by atoms with Crippen molar-refractivity contribution in [2.75, 3.05) is 13.7 Å². The largest absolute Gasteiger partial charge is 0.479 e. The number of nitrogens with zero attached hydrogens (tertiary/aromatic N) is 2. The lowest BCUT2D eigenvalue weighted by Gasteiger charge is -2.02. The first kappa shape index (κ1) is 12.7. The molecule has 90 valence electrons. The zero-order valence-corrected chi connectivity index (χ0v) is 9.91. The third kappa shape index (κ3) is 2.22. The Hall–Kier alpha value is -1.41. The van der Waals surface area contributed by atoms with Crippen LogP contribution < -0.4 is 4.74 Å². The van der Waals surface area contributed by atoms with Gasteiger partial charge in [0.25, 0.3) is 0 Å². The molecule has 1 rings (SSSR count). The number of carbonyl (C=O) groups excluding carboxylic acids is 1. The van der Waals surface area contributed by atoms with E-state index >= 15 is 0 Å². The number of esters is 1. The second-order valence-electron chi connectivity index (χ2n) is 2.78. The normalized spacial score (nSPS) is 12.2. The number of methoxy groups -OCH3 is 1. The minimum atomic E-state index is -2.34. The van der Waals surface area contributed by atoms with E-state index in [1.165, 1.54) is 14.2 Å². The molecule has 0 saturated heterocycles. The fraction of sp³-hybridized carbons (Fsp3) is 0.500. The van der Waals surface area contributed by atoms with Crippen molar-refractivity contribution in [2.24, 2.45) is 7.05 Å². The molecule has 0 fully saturated rings. The van der Waals surface area contributed by atoms with E-state index < -0.39 is 17.0 Å². The Labute approximate surface area is 94.6 Å². The predicted molar refractivity (Wildman–Crippen MR) is 54.8 cm³/mol. The monoisotopic (exact) mass is 248 g/mol. The maximum atomic E-state index is 11.6. The van der Waals surface area contributed by atoms with Gasteiger partial charge >= 0.3 is 5.97 Å². The fourth-order valence-corrected chi connectivity index (χ4v) is 1.82. The van der Waals surface area contributed by atoms with Gasteiger partial charge in [-0.1, -0.05) is 0 Å². The van der Waals surface area contributed by atoms with Crippen LogP contribution in [0.15, 0.2) is 5.03 Å². The standard InChI is InChI=1S/C8H12N2O5S/c1-4-15-8(11)5-6(14-3)9-10(2)7(5)16(12)13/h4H2,1-3H3,(H,12,13). The molecule has 7 nitrogen and oxygen atoms in total. The summed E-state index contributed by atoms with van der Waals surface area (Å²) in [5, 5.41) is 3.65. The maximum absolute atomic E-state index is 11.6. The number of rotatable bonds is 4. The Morgan fingerprint density at radius 2 is 2.25 bits per heavy atom. The second kappa shape index (κ2) is 5.08. The van der Waals surface area contributed by atoms with Gasteiger partial charge in [-0.25, -0.2) is 9.00 Å². The second-order valence-corrected chi connectivity index (χ2v) is 3.67. The highest BCUT2D eigenvalue weighted by atomic mass is 32.2. The molecule has 8 heteroatoms. The highest BCUT2D eigenvalue weighted by Crippen LogP contribution is 2.23. The van der Waals surface area contributed by atoms with E-state index in [1.54, 1.807) is 6.92 Å². The van der Waals surface area contributed by atoms with Gasteiger partial charge in [0.1, 0.15) is 0 Å². The molecule has 0 saturated carbocycles. The van der Waals surface area contributed by atoms with E-state index in [0.717, 1.165) is 4.68 Å². The van der Waals surface area contributed by atoms with Gasteiger partial charge in [0.2, 0.25) is 17.0 Å². The quantitative estimate of drug-likeness (QED) is 0.604. The lowest BCUT2D eigenvalue weighted by Crippen LogP contribution is -2.10. The van der Waals surface area contributed by atoms with E-state index in [1.807, 2.05) is 0 Å². The molecule has 0 aliphatic heterocycles. The van der Waals surface area contributed by atoms with Crippen molar-refractivity contribution in [1.29, 1.82) is 0 Å². The summed E-state index contributed by atoms with van der Waals surface area (Å²) in [7, 11) is 2.75. The first-order valence-corrected chi connectivity index (χ1v) is 5.52. The van der Waals surface area contributed by atoms with Gasteiger partial charge in [-0.2, -0.15) is 0 Å². The van der Waals surface area contributed by atoms with Crippen LogP contribution in [0.4, 0.5) is 0 Å². The number of aromatic nitrogens is 2. The van der Waals surface area contributed by atoms with Gasteiger partial charge in [0.05, 0.1) is 13.7 Å². The topological polar surface area (TPSA) is 90.7 Å². The van der Waals surface area contributed by atoms with Crippen LogP contribution in [0.25, 0.3) is 0 Å². The molecule has 0 aromatic carbocycles. The van der Waals surface area contributed by atoms with Crippen LogP contribution in [0.5, 0.6) is 5.88 Å². The fourth-order valence-electron chi connectivity index (χ4n) is 1.21. The molecule has 0 spiro atoms. The molecule has 0 aliphatic rings. The van der Waals surface area contributed by atoms with E-state index in [-0.39, 0.29) is 23.1 Å². The molecule has 1 aromatic rings. The lowest BCUT2D eigenvalue weighted by atomic mass is 10.3. The first-order chi connectivity index (χ1) is 7.52. The molecule has 1 unspecified atom stereocenters. The smallest absolute Gasteiger partial charge is 0.346 e. The third-order valence-corrected chi connectivity index (χ3v) is 2.60. The number of ether oxygens (including phenoxy) is 2. The van der Waals surface area contributed by atoms with Crippen molar-refractivity contribution < 1.29 is 23.0 Å². The van der Waals surface area contributed by atoms with Crippen LogP contribution >= 0.6 is 0 Å². The number of aryl methyl sites for hydroxylation is 1. The predicted octanol–water partition coefficient (Wildman–Crippen LogP) is 0.186. The van der Waals surface area contributed by atoms with Gasteiger partial charge in [-0.3, -0.25) is 4.68 Å². The van der Waals surface area contributed by atoms with Crippen molar-refractivity contribution in [3.63, 3.8) is 0 Å². The summed E-state index contributed by atoms with van der Waals surface area (Å²) in [6, 6.07) is 0. The highest BCUT2D eigenvalue weighted by Gasteiger charge is 2.27. The van der Waals surface area contributed by atoms with Crippen molar-refractivity contribution >= 4 is 17.0 Å². The molecular weight excluding hydrogens is 236 g/mol. The lowest BCUT2D eigenvalue weighted by molar-refractivity contribution is 0.0517. The first-order valence-electron chi connectivity index (χ1n) is 4.41. The van der Waals surface area contributed by atoms with E-state index in [4.69, 9.17) is 14.0 Å². The van der Waals surface area contributed by atoms with E-state index in [9.17, 15) is 9.00 Å². The molecule has 16 heavy (non-hydrogen) atoms. The molecule has 0 aliphatic carbocycles. The summed E-state index contributed by atoms with van der Waals surface area (Å²) >= 11 is -2.34. The Balaban J connectivity index is 3.32. The zero-order chi connectivity index (χ0) is 12.3. The highest BCUT2D eigenvalue weighted by molar-refractivity contribution is 7.79. The number of carbonyl (C=O) groups is 1. The van der Waals surface area contributed by atoms with Crippen LogP contribution in [-0.2, 0) is 22.9 Å². The molecule has 1 atom stereocenters. The van der Waals surface area contributed by atoms with Crippen LogP contribution in [0.3, 0.4) is 0 Å². The van der Waals surface area contributed by atoms with Crippen LogP contribution in [-0.4, -0.2) is 38.2 Å². The van der Waals surface area contributed by atoms with Gasteiger partial charge in [0, 0.05) is 7.05 Å². The summed E-state index contributed by atoms with van der Waals surface area (Å²) in [6.07, 6.45) is 0. The Morgan fingerprint density at radius 1 is 1.62 bits per heavy atom. The van der Waals surface area contributed by atoms with E-state index in [0.29, 0.717) is 0 Å². The average molecular weight is 248 g/mol. The summed E-state index contributed by atoms with van der Waals surface area (Å²) in [5.74, 6) is -0.761. The average Bonchev–Trinajstić information content (AvgIpc) is 2.55.